The summed E-state index contributed by atoms with van der Waals surface area (Å²) in [6, 6.07) is 0. The van der Waals surface area contributed by atoms with Gasteiger partial charge in [-0.2, -0.15) is 0 Å². The average molecular weight is 246 g/mol. The molecule has 1 atom stereocenters. The highest BCUT2D eigenvalue weighted by molar-refractivity contribution is 5.76. The predicted molar refractivity (Wildman–Crippen MR) is 62.7 cm³/mol. The van der Waals surface area contributed by atoms with Crippen molar-refractivity contribution in [1.82, 2.24) is 0 Å². The van der Waals surface area contributed by atoms with Gasteiger partial charge < -0.3 is 14.2 Å². The van der Waals surface area contributed by atoms with E-state index in [-0.39, 0.29) is 0 Å². The maximum Gasteiger partial charge on any atom is 0.509 e. The summed E-state index contributed by atoms with van der Waals surface area (Å²) in [5.41, 5.74) is 0. The van der Waals surface area contributed by atoms with Crippen LogP contribution >= 0.6 is 0 Å². The molecule has 0 rings (SSSR count). The molecular weight excluding hydrogens is 224 g/mol. The van der Waals surface area contributed by atoms with E-state index in [1.807, 2.05) is 13.8 Å². The lowest BCUT2D eigenvalue weighted by Gasteiger charge is -2.12. The fourth-order valence-corrected chi connectivity index (χ4v) is 0.961. The second-order valence-electron chi connectivity index (χ2n) is 3.73. The van der Waals surface area contributed by atoms with E-state index in [9.17, 15) is 9.59 Å². The van der Waals surface area contributed by atoms with E-state index < -0.39 is 18.2 Å². The number of unbranched alkanes of at least 4 members (excludes halogenated alkanes) is 2. The van der Waals surface area contributed by atoms with Crippen molar-refractivity contribution in [2.75, 3.05) is 13.2 Å². The van der Waals surface area contributed by atoms with Gasteiger partial charge in [0.2, 0.25) is 0 Å². The lowest BCUT2D eigenvalue weighted by molar-refractivity contribution is -0.154. The van der Waals surface area contributed by atoms with Crippen molar-refractivity contribution < 1.29 is 23.8 Å². The zero-order valence-electron chi connectivity index (χ0n) is 10.9. The van der Waals surface area contributed by atoms with Crippen LogP contribution in [0.1, 0.15) is 46.5 Å². The Morgan fingerprint density at radius 3 is 2.06 bits per heavy atom. The fourth-order valence-electron chi connectivity index (χ4n) is 0.961. The molecule has 0 aromatic carbocycles. The van der Waals surface area contributed by atoms with Gasteiger partial charge in [0.15, 0.2) is 6.10 Å². The standard InChI is InChI=1S/C12H22O5/c1-4-6-8-15-11(13)10(3)17-12(14)16-9-7-5-2/h10H,4-9H2,1-3H3. The number of carbonyl (C=O) groups is 2. The van der Waals surface area contributed by atoms with E-state index in [1.165, 1.54) is 6.92 Å². The fraction of sp³-hybridized carbons (Fsp3) is 0.833. The lowest BCUT2D eigenvalue weighted by atomic mass is 10.3. The first-order valence-corrected chi connectivity index (χ1v) is 6.11. The molecule has 0 saturated carbocycles. The van der Waals surface area contributed by atoms with Crippen LogP contribution in [0.4, 0.5) is 4.79 Å². The minimum atomic E-state index is -0.916. The van der Waals surface area contributed by atoms with Gasteiger partial charge in [-0.3, -0.25) is 0 Å². The molecule has 0 aromatic heterocycles. The Balaban J connectivity index is 3.71. The monoisotopic (exact) mass is 246 g/mol. The Morgan fingerprint density at radius 1 is 1.00 bits per heavy atom. The summed E-state index contributed by atoms with van der Waals surface area (Å²) >= 11 is 0. The molecule has 0 amide bonds. The minimum Gasteiger partial charge on any atom is -0.463 e. The van der Waals surface area contributed by atoms with Crippen molar-refractivity contribution in [2.24, 2.45) is 0 Å². The second kappa shape index (κ2) is 9.93. The smallest absolute Gasteiger partial charge is 0.463 e. The highest BCUT2D eigenvalue weighted by Gasteiger charge is 2.19. The molecule has 0 saturated heterocycles. The van der Waals surface area contributed by atoms with Crippen LogP contribution in [0.3, 0.4) is 0 Å². The van der Waals surface area contributed by atoms with Crippen molar-refractivity contribution in [3.63, 3.8) is 0 Å². The van der Waals surface area contributed by atoms with E-state index in [4.69, 9.17) is 14.2 Å². The van der Waals surface area contributed by atoms with Crippen molar-refractivity contribution >= 4 is 12.1 Å². The first-order valence-electron chi connectivity index (χ1n) is 6.11. The molecule has 0 fully saturated rings. The van der Waals surface area contributed by atoms with Gasteiger partial charge in [0, 0.05) is 0 Å². The first kappa shape index (κ1) is 15.7. The number of carbonyl (C=O) groups excluding carboxylic acids is 2. The Morgan fingerprint density at radius 2 is 1.53 bits per heavy atom. The zero-order chi connectivity index (χ0) is 13.1. The van der Waals surface area contributed by atoms with Gasteiger partial charge in [0.05, 0.1) is 13.2 Å². The molecule has 0 aromatic rings. The summed E-state index contributed by atoms with van der Waals surface area (Å²) in [7, 11) is 0. The van der Waals surface area contributed by atoms with E-state index in [0.717, 1.165) is 25.7 Å². The molecule has 100 valence electrons. The van der Waals surface area contributed by atoms with Crippen LogP contribution in [0.2, 0.25) is 0 Å². The maximum absolute atomic E-state index is 11.3. The summed E-state index contributed by atoms with van der Waals surface area (Å²) in [4.78, 5) is 22.4. The van der Waals surface area contributed by atoms with Gasteiger partial charge in [0.25, 0.3) is 0 Å². The van der Waals surface area contributed by atoms with E-state index in [0.29, 0.717) is 13.2 Å². The molecule has 0 spiro atoms. The van der Waals surface area contributed by atoms with Gasteiger partial charge in [-0.25, -0.2) is 9.59 Å². The van der Waals surface area contributed by atoms with E-state index in [2.05, 4.69) is 0 Å². The third kappa shape index (κ3) is 8.54. The lowest BCUT2D eigenvalue weighted by Crippen LogP contribution is -2.27. The van der Waals surface area contributed by atoms with Gasteiger partial charge in [0.1, 0.15) is 0 Å². The zero-order valence-corrected chi connectivity index (χ0v) is 10.9. The molecule has 0 heterocycles. The summed E-state index contributed by atoms with van der Waals surface area (Å²) in [6.45, 7) is 6.12. The Hall–Kier alpha value is -1.26. The third-order valence-corrected chi connectivity index (χ3v) is 2.06. The van der Waals surface area contributed by atoms with Gasteiger partial charge in [-0.1, -0.05) is 26.7 Å². The summed E-state index contributed by atoms with van der Waals surface area (Å²) in [5, 5.41) is 0. The van der Waals surface area contributed by atoms with E-state index in [1.54, 1.807) is 0 Å². The molecule has 0 radical (unpaired) electrons. The van der Waals surface area contributed by atoms with Crippen molar-refractivity contribution in [2.45, 2.75) is 52.6 Å². The quantitative estimate of drug-likeness (QED) is 0.486. The molecule has 0 bridgehead atoms. The summed E-state index contributed by atoms with van der Waals surface area (Å²) in [5.74, 6) is -0.536. The predicted octanol–water partition coefficient (Wildman–Crippen LogP) is 2.67. The number of hydrogen-bond donors (Lipinski definition) is 0. The number of hydrogen-bond acceptors (Lipinski definition) is 5. The Bertz CT molecular complexity index is 227. The van der Waals surface area contributed by atoms with Gasteiger partial charge >= 0.3 is 12.1 Å². The molecule has 0 aliphatic rings. The summed E-state index contributed by atoms with van der Waals surface area (Å²) < 4.78 is 14.4. The summed E-state index contributed by atoms with van der Waals surface area (Å²) in [6.07, 6.45) is 1.73. The number of esters is 1. The normalized spacial score (nSPS) is 11.7. The SMILES string of the molecule is CCCCOC(=O)OC(C)C(=O)OCCCC. The van der Waals surface area contributed by atoms with Crippen LogP contribution in [0.25, 0.3) is 0 Å². The number of ether oxygens (including phenoxy) is 3. The van der Waals surface area contributed by atoms with Crippen LogP contribution in [0.5, 0.6) is 0 Å². The van der Waals surface area contributed by atoms with Crippen LogP contribution in [-0.4, -0.2) is 31.4 Å². The highest BCUT2D eigenvalue weighted by Crippen LogP contribution is 2.00. The first-order chi connectivity index (χ1) is 8.11. The van der Waals surface area contributed by atoms with Crippen LogP contribution in [-0.2, 0) is 19.0 Å². The number of rotatable bonds is 8. The van der Waals surface area contributed by atoms with E-state index >= 15 is 0 Å². The minimum absolute atomic E-state index is 0.312. The molecule has 5 nitrogen and oxygen atoms in total. The topological polar surface area (TPSA) is 61.8 Å². The van der Waals surface area contributed by atoms with Crippen LogP contribution in [0, 0.1) is 0 Å². The maximum atomic E-state index is 11.3. The third-order valence-electron chi connectivity index (χ3n) is 2.06. The van der Waals surface area contributed by atoms with Crippen molar-refractivity contribution in [3.8, 4) is 0 Å². The Kier molecular flexibility index (Phi) is 9.19. The van der Waals surface area contributed by atoms with Crippen LogP contribution in [0.15, 0.2) is 0 Å². The molecule has 0 aliphatic carbocycles. The molecule has 0 N–H and O–H groups in total. The average Bonchev–Trinajstić information content (AvgIpc) is 2.29. The Labute approximate surface area is 102 Å². The van der Waals surface area contributed by atoms with Crippen LogP contribution < -0.4 is 0 Å². The molecular formula is C12H22O5. The van der Waals surface area contributed by atoms with Crippen molar-refractivity contribution in [1.29, 1.82) is 0 Å². The van der Waals surface area contributed by atoms with Gasteiger partial charge in [-0.05, 0) is 19.8 Å². The van der Waals surface area contributed by atoms with Crippen molar-refractivity contribution in [3.05, 3.63) is 0 Å². The second-order valence-corrected chi connectivity index (χ2v) is 3.73. The highest BCUT2D eigenvalue weighted by atomic mass is 16.7. The molecule has 1 unspecified atom stereocenters. The molecule has 17 heavy (non-hydrogen) atoms. The molecule has 5 heteroatoms. The van der Waals surface area contributed by atoms with Gasteiger partial charge in [-0.15, -0.1) is 0 Å². The largest absolute Gasteiger partial charge is 0.509 e. The molecule has 0 aliphatic heterocycles.